The Morgan fingerprint density at radius 1 is 1.50 bits per heavy atom. The average molecular weight is 227 g/mol. The van der Waals surface area contributed by atoms with E-state index < -0.39 is 0 Å². The molecular formula is C13H25NO2. The van der Waals surface area contributed by atoms with E-state index in [4.69, 9.17) is 4.74 Å². The third kappa shape index (κ3) is 4.97. The summed E-state index contributed by atoms with van der Waals surface area (Å²) in [5, 5.41) is 3.22. The summed E-state index contributed by atoms with van der Waals surface area (Å²) < 4.78 is 5.28. The first-order valence-electron chi connectivity index (χ1n) is 6.49. The van der Waals surface area contributed by atoms with Crippen LogP contribution in [0.2, 0.25) is 0 Å². The lowest BCUT2D eigenvalue weighted by Crippen LogP contribution is -2.44. The predicted molar refractivity (Wildman–Crippen MR) is 65.2 cm³/mol. The largest absolute Gasteiger partial charge is 0.465 e. The number of rotatable bonds is 5. The molecule has 0 spiro atoms. The van der Waals surface area contributed by atoms with Gasteiger partial charge in [-0.1, -0.05) is 20.8 Å². The van der Waals surface area contributed by atoms with Crippen molar-refractivity contribution in [2.75, 3.05) is 13.2 Å². The van der Waals surface area contributed by atoms with Crippen LogP contribution in [0, 0.1) is 11.8 Å². The first kappa shape index (κ1) is 13.5. The number of carbonyl (C=O) groups is 1. The van der Waals surface area contributed by atoms with E-state index in [2.05, 4.69) is 26.1 Å². The Morgan fingerprint density at radius 2 is 2.25 bits per heavy atom. The Hall–Kier alpha value is -0.570. The van der Waals surface area contributed by atoms with Gasteiger partial charge in [-0.3, -0.25) is 4.79 Å². The van der Waals surface area contributed by atoms with Crippen LogP contribution < -0.4 is 5.32 Å². The van der Waals surface area contributed by atoms with Crippen LogP contribution in [0.25, 0.3) is 0 Å². The molecule has 0 aromatic carbocycles. The Kier molecular flexibility index (Phi) is 5.81. The normalized spacial score (nSPS) is 25.8. The SMILES string of the molecule is CC(C)CCCOC(=O)C1CC(C)CCN1. The summed E-state index contributed by atoms with van der Waals surface area (Å²) in [5.74, 6) is 1.26. The number of esters is 1. The Labute approximate surface area is 98.9 Å². The number of piperidine rings is 1. The van der Waals surface area contributed by atoms with Crippen LogP contribution in [0.5, 0.6) is 0 Å². The minimum atomic E-state index is -0.0669. The average Bonchev–Trinajstić information content (AvgIpc) is 2.24. The summed E-state index contributed by atoms with van der Waals surface area (Å²) in [6.07, 6.45) is 4.19. The molecule has 1 N–H and O–H groups in total. The summed E-state index contributed by atoms with van der Waals surface area (Å²) in [7, 11) is 0. The first-order chi connectivity index (χ1) is 7.59. The third-order valence-corrected chi connectivity index (χ3v) is 3.12. The molecule has 1 aliphatic heterocycles. The zero-order valence-electron chi connectivity index (χ0n) is 10.8. The van der Waals surface area contributed by atoms with E-state index in [1.54, 1.807) is 0 Å². The number of nitrogens with one attached hydrogen (secondary N) is 1. The molecule has 0 saturated carbocycles. The molecule has 0 aromatic heterocycles. The van der Waals surface area contributed by atoms with Crippen LogP contribution in [0.1, 0.15) is 46.5 Å². The van der Waals surface area contributed by atoms with Crippen LogP contribution in [-0.2, 0) is 9.53 Å². The van der Waals surface area contributed by atoms with Crippen LogP contribution >= 0.6 is 0 Å². The fourth-order valence-electron chi connectivity index (χ4n) is 2.05. The van der Waals surface area contributed by atoms with Gasteiger partial charge >= 0.3 is 5.97 Å². The van der Waals surface area contributed by atoms with Crippen molar-refractivity contribution in [3.63, 3.8) is 0 Å². The summed E-state index contributed by atoms with van der Waals surface area (Å²) in [5.41, 5.74) is 0. The fraction of sp³-hybridized carbons (Fsp3) is 0.923. The Morgan fingerprint density at radius 3 is 2.88 bits per heavy atom. The van der Waals surface area contributed by atoms with Crippen molar-refractivity contribution in [2.45, 2.75) is 52.5 Å². The van der Waals surface area contributed by atoms with Crippen molar-refractivity contribution in [1.82, 2.24) is 5.32 Å². The van der Waals surface area contributed by atoms with Gasteiger partial charge in [-0.05, 0) is 44.1 Å². The molecule has 1 aliphatic rings. The van der Waals surface area contributed by atoms with Gasteiger partial charge in [-0.2, -0.15) is 0 Å². The molecule has 1 heterocycles. The number of hydrogen-bond acceptors (Lipinski definition) is 3. The number of ether oxygens (including phenoxy) is 1. The van der Waals surface area contributed by atoms with Crippen molar-refractivity contribution in [3.05, 3.63) is 0 Å². The predicted octanol–water partition coefficient (Wildman–Crippen LogP) is 2.35. The fourth-order valence-corrected chi connectivity index (χ4v) is 2.05. The topological polar surface area (TPSA) is 38.3 Å². The molecule has 3 nitrogen and oxygen atoms in total. The van der Waals surface area contributed by atoms with Gasteiger partial charge < -0.3 is 10.1 Å². The molecule has 94 valence electrons. The minimum Gasteiger partial charge on any atom is -0.465 e. The van der Waals surface area contributed by atoms with Gasteiger partial charge in [0.15, 0.2) is 0 Å². The third-order valence-electron chi connectivity index (χ3n) is 3.12. The highest BCUT2D eigenvalue weighted by atomic mass is 16.5. The van der Waals surface area contributed by atoms with Gasteiger partial charge in [0.05, 0.1) is 6.61 Å². The van der Waals surface area contributed by atoms with Crippen molar-refractivity contribution >= 4 is 5.97 Å². The highest BCUT2D eigenvalue weighted by molar-refractivity contribution is 5.75. The molecule has 0 radical (unpaired) electrons. The number of carbonyl (C=O) groups excluding carboxylic acids is 1. The van der Waals surface area contributed by atoms with Gasteiger partial charge in [-0.25, -0.2) is 0 Å². The molecule has 2 unspecified atom stereocenters. The van der Waals surface area contributed by atoms with E-state index in [0.29, 0.717) is 18.4 Å². The highest BCUT2D eigenvalue weighted by Crippen LogP contribution is 2.16. The number of hydrogen-bond donors (Lipinski definition) is 1. The summed E-state index contributed by atoms with van der Waals surface area (Å²) in [4.78, 5) is 11.7. The van der Waals surface area contributed by atoms with Crippen LogP contribution in [0.15, 0.2) is 0 Å². The molecule has 1 rings (SSSR count). The first-order valence-corrected chi connectivity index (χ1v) is 6.49. The molecule has 3 heteroatoms. The molecular weight excluding hydrogens is 202 g/mol. The van der Waals surface area contributed by atoms with Crippen molar-refractivity contribution in [2.24, 2.45) is 11.8 Å². The van der Waals surface area contributed by atoms with Crippen LogP contribution in [0.3, 0.4) is 0 Å². The summed E-state index contributed by atoms with van der Waals surface area (Å²) in [6.45, 7) is 8.08. The van der Waals surface area contributed by atoms with Gasteiger partial charge in [0.25, 0.3) is 0 Å². The van der Waals surface area contributed by atoms with E-state index in [1.807, 2.05) is 0 Å². The second-order valence-electron chi connectivity index (χ2n) is 5.34. The maximum Gasteiger partial charge on any atom is 0.323 e. The second kappa shape index (κ2) is 6.89. The molecule has 0 bridgehead atoms. The molecule has 2 atom stereocenters. The van der Waals surface area contributed by atoms with E-state index >= 15 is 0 Å². The molecule has 0 aliphatic carbocycles. The lowest BCUT2D eigenvalue weighted by molar-refractivity contribution is -0.147. The molecule has 0 amide bonds. The van der Waals surface area contributed by atoms with E-state index in [1.165, 1.54) is 0 Å². The lowest BCUT2D eigenvalue weighted by Gasteiger charge is -2.26. The Balaban J connectivity index is 2.14. The van der Waals surface area contributed by atoms with Crippen molar-refractivity contribution < 1.29 is 9.53 Å². The lowest BCUT2D eigenvalue weighted by atomic mass is 9.94. The monoisotopic (exact) mass is 227 g/mol. The second-order valence-corrected chi connectivity index (χ2v) is 5.34. The quantitative estimate of drug-likeness (QED) is 0.579. The smallest absolute Gasteiger partial charge is 0.323 e. The Bertz CT molecular complexity index is 216. The molecule has 1 fully saturated rings. The summed E-state index contributed by atoms with van der Waals surface area (Å²) >= 11 is 0. The van der Waals surface area contributed by atoms with Gasteiger partial charge in [0.1, 0.15) is 6.04 Å². The van der Waals surface area contributed by atoms with Crippen LogP contribution in [0.4, 0.5) is 0 Å². The molecule has 1 saturated heterocycles. The van der Waals surface area contributed by atoms with Gasteiger partial charge in [0.2, 0.25) is 0 Å². The molecule has 0 aromatic rings. The van der Waals surface area contributed by atoms with E-state index in [9.17, 15) is 4.79 Å². The van der Waals surface area contributed by atoms with E-state index in [-0.39, 0.29) is 12.0 Å². The zero-order chi connectivity index (χ0) is 12.0. The zero-order valence-corrected chi connectivity index (χ0v) is 10.8. The van der Waals surface area contributed by atoms with E-state index in [0.717, 1.165) is 32.2 Å². The van der Waals surface area contributed by atoms with Crippen molar-refractivity contribution in [3.8, 4) is 0 Å². The van der Waals surface area contributed by atoms with Crippen LogP contribution in [-0.4, -0.2) is 25.2 Å². The molecule has 16 heavy (non-hydrogen) atoms. The summed E-state index contributed by atoms with van der Waals surface area (Å²) in [6, 6.07) is -0.0669. The highest BCUT2D eigenvalue weighted by Gasteiger charge is 2.25. The van der Waals surface area contributed by atoms with Crippen molar-refractivity contribution in [1.29, 1.82) is 0 Å². The van der Waals surface area contributed by atoms with Gasteiger partial charge in [-0.15, -0.1) is 0 Å². The maximum atomic E-state index is 11.7. The standard InChI is InChI=1S/C13H25NO2/c1-10(2)5-4-8-16-13(15)12-9-11(3)6-7-14-12/h10-12,14H,4-9H2,1-3H3. The maximum absolute atomic E-state index is 11.7. The van der Waals surface area contributed by atoms with Gasteiger partial charge in [0, 0.05) is 0 Å². The minimum absolute atomic E-state index is 0.0599.